The number of hydrogen-bond donors (Lipinski definition) is 6. The number of aromatic nitrogens is 3. The summed E-state index contributed by atoms with van der Waals surface area (Å²) in [5.41, 5.74) is 4.02. The van der Waals surface area contributed by atoms with E-state index in [9.17, 15) is 20.1 Å². The highest BCUT2D eigenvalue weighted by Gasteiger charge is 2.22. The first-order valence-corrected chi connectivity index (χ1v) is 11.4. The first-order valence-electron chi connectivity index (χ1n) is 10.4. The molecule has 1 heterocycles. The third-order valence-corrected chi connectivity index (χ3v) is 5.55. The highest BCUT2D eigenvalue weighted by Crippen LogP contribution is 2.22. The lowest BCUT2D eigenvalue weighted by molar-refractivity contribution is -0.118. The summed E-state index contributed by atoms with van der Waals surface area (Å²) in [6.45, 7) is -0.303. The molecule has 34 heavy (non-hydrogen) atoms. The third kappa shape index (κ3) is 7.10. The standard InChI is InChI=1S/C22H26N6O5S/c29-13-18(31)21(33)17(30)11-24-26-20(32)14-34-22-27-25-19(12-23-15-7-3-1-4-8-15)28(22)16-9-5-2-6-10-16/h1-11,17-18,21,23,29-31,33H,12-14H2,(H,26,32). The van der Waals surface area contributed by atoms with Crippen LogP contribution in [0, 0.1) is 0 Å². The second kappa shape index (κ2) is 12.8. The summed E-state index contributed by atoms with van der Waals surface area (Å²) in [5, 5.41) is 53.2. The molecule has 2 aromatic carbocycles. The summed E-state index contributed by atoms with van der Waals surface area (Å²) in [5.74, 6) is 0.152. The smallest absolute Gasteiger partial charge is 0.250 e. The van der Waals surface area contributed by atoms with Crippen LogP contribution in [-0.2, 0) is 11.3 Å². The quantitative estimate of drug-likeness (QED) is 0.119. The first kappa shape index (κ1) is 25.3. The van der Waals surface area contributed by atoms with Gasteiger partial charge in [0.2, 0.25) is 0 Å². The van der Waals surface area contributed by atoms with Crippen LogP contribution in [0.2, 0.25) is 0 Å². The molecule has 0 bridgehead atoms. The Balaban J connectivity index is 1.63. The molecule has 0 aliphatic carbocycles. The van der Waals surface area contributed by atoms with E-state index in [0.29, 0.717) is 17.5 Å². The number of amides is 1. The Morgan fingerprint density at radius 3 is 2.41 bits per heavy atom. The van der Waals surface area contributed by atoms with Crippen LogP contribution in [0.5, 0.6) is 0 Å². The Bertz CT molecular complexity index is 1070. The summed E-state index contributed by atoms with van der Waals surface area (Å²) < 4.78 is 1.85. The zero-order valence-corrected chi connectivity index (χ0v) is 18.9. The zero-order chi connectivity index (χ0) is 24.3. The molecule has 0 aliphatic rings. The van der Waals surface area contributed by atoms with Crippen LogP contribution in [0.3, 0.4) is 0 Å². The molecule has 3 unspecified atom stereocenters. The number of hydrazone groups is 1. The van der Waals surface area contributed by atoms with Crippen LogP contribution in [0.25, 0.3) is 5.69 Å². The summed E-state index contributed by atoms with van der Waals surface area (Å²) >= 11 is 1.16. The molecule has 3 atom stereocenters. The Morgan fingerprint density at radius 2 is 1.74 bits per heavy atom. The maximum absolute atomic E-state index is 12.2. The highest BCUT2D eigenvalue weighted by molar-refractivity contribution is 7.99. The minimum atomic E-state index is -1.63. The van der Waals surface area contributed by atoms with Gasteiger partial charge in [0.15, 0.2) is 11.0 Å². The monoisotopic (exact) mass is 486 g/mol. The molecule has 1 amide bonds. The van der Waals surface area contributed by atoms with E-state index < -0.39 is 30.8 Å². The predicted molar refractivity (Wildman–Crippen MR) is 128 cm³/mol. The van der Waals surface area contributed by atoms with E-state index in [-0.39, 0.29) is 5.75 Å². The first-order chi connectivity index (χ1) is 16.5. The molecule has 6 N–H and O–H groups in total. The van der Waals surface area contributed by atoms with Crippen molar-refractivity contribution in [3.8, 4) is 5.69 Å². The van der Waals surface area contributed by atoms with Crippen LogP contribution in [0.15, 0.2) is 70.9 Å². The van der Waals surface area contributed by atoms with E-state index in [1.165, 1.54) is 0 Å². The van der Waals surface area contributed by atoms with Gasteiger partial charge in [-0.15, -0.1) is 10.2 Å². The number of carbonyl (C=O) groups is 1. The third-order valence-electron chi connectivity index (χ3n) is 4.62. The molecule has 0 saturated carbocycles. The Hall–Kier alpha value is -3.29. The molecule has 11 nitrogen and oxygen atoms in total. The molecule has 0 fully saturated rings. The number of para-hydroxylation sites is 2. The fraction of sp³-hybridized carbons (Fsp3) is 0.273. The number of aliphatic hydroxyl groups is 4. The van der Waals surface area contributed by atoms with Gasteiger partial charge in [-0.3, -0.25) is 9.36 Å². The molecular formula is C22H26N6O5S. The number of rotatable bonds is 12. The SMILES string of the molecule is O=C(CSc1nnc(CNc2ccccc2)n1-c1ccccc1)NN=CC(O)C(O)C(O)CO. The molecule has 3 rings (SSSR count). The Labute approximate surface area is 200 Å². The van der Waals surface area contributed by atoms with Crippen molar-refractivity contribution in [2.45, 2.75) is 30.0 Å². The van der Waals surface area contributed by atoms with E-state index >= 15 is 0 Å². The topological polar surface area (TPSA) is 165 Å². The number of aliphatic hydroxyl groups excluding tert-OH is 4. The van der Waals surface area contributed by atoms with Crippen LogP contribution in [0.1, 0.15) is 5.82 Å². The molecule has 3 aromatic rings. The summed E-state index contributed by atoms with van der Waals surface area (Å²) in [7, 11) is 0. The highest BCUT2D eigenvalue weighted by atomic mass is 32.2. The second-order valence-corrected chi connectivity index (χ2v) is 8.06. The van der Waals surface area contributed by atoms with Crippen LogP contribution >= 0.6 is 11.8 Å². The second-order valence-electron chi connectivity index (χ2n) is 7.12. The lowest BCUT2D eigenvalue weighted by Crippen LogP contribution is -2.40. The average molecular weight is 487 g/mol. The lowest BCUT2D eigenvalue weighted by Gasteiger charge is -2.17. The minimum Gasteiger partial charge on any atom is -0.394 e. The van der Waals surface area contributed by atoms with Crippen molar-refractivity contribution >= 4 is 29.6 Å². The van der Waals surface area contributed by atoms with Crippen molar-refractivity contribution in [1.29, 1.82) is 0 Å². The van der Waals surface area contributed by atoms with Gasteiger partial charge in [-0.1, -0.05) is 48.2 Å². The molecule has 0 radical (unpaired) electrons. The molecule has 0 aliphatic heterocycles. The van der Waals surface area contributed by atoms with Crippen LogP contribution < -0.4 is 10.7 Å². The van der Waals surface area contributed by atoms with Gasteiger partial charge in [-0.2, -0.15) is 5.10 Å². The Morgan fingerprint density at radius 1 is 1.06 bits per heavy atom. The zero-order valence-electron chi connectivity index (χ0n) is 18.1. The van der Waals surface area contributed by atoms with E-state index in [2.05, 4.69) is 26.0 Å². The number of benzene rings is 2. The van der Waals surface area contributed by atoms with Gasteiger partial charge in [-0.25, -0.2) is 5.43 Å². The maximum Gasteiger partial charge on any atom is 0.250 e. The van der Waals surface area contributed by atoms with E-state index in [4.69, 9.17) is 5.11 Å². The number of nitrogens with zero attached hydrogens (tertiary/aromatic N) is 4. The summed E-state index contributed by atoms with van der Waals surface area (Å²) in [6, 6.07) is 19.2. The van der Waals surface area contributed by atoms with Gasteiger partial charge < -0.3 is 25.7 Å². The van der Waals surface area contributed by atoms with E-state index in [1.54, 1.807) is 0 Å². The summed E-state index contributed by atoms with van der Waals surface area (Å²) in [6.07, 6.45) is -3.85. The molecule has 0 saturated heterocycles. The number of hydrogen-bond acceptors (Lipinski definition) is 10. The molecule has 180 valence electrons. The molecule has 12 heteroatoms. The fourth-order valence-electron chi connectivity index (χ4n) is 2.85. The minimum absolute atomic E-state index is 0.0354. The fourth-order valence-corrected chi connectivity index (χ4v) is 3.62. The number of nitrogens with one attached hydrogen (secondary N) is 2. The average Bonchev–Trinajstić information content (AvgIpc) is 3.29. The number of carbonyl (C=O) groups excluding carboxylic acids is 1. The normalized spacial score (nSPS) is 14.0. The lowest BCUT2D eigenvalue weighted by atomic mass is 10.1. The number of anilines is 1. The molecule has 1 aromatic heterocycles. The Kier molecular flexibility index (Phi) is 9.55. The maximum atomic E-state index is 12.2. The van der Waals surface area contributed by atoms with E-state index in [0.717, 1.165) is 29.4 Å². The van der Waals surface area contributed by atoms with Crippen molar-refractivity contribution in [2.75, 3.05) is 17.7 Å². The molecular weight excluding hydrogens is 460 g/mol. The molecule has 0 spiro atoms. The largest absolute Gasteiger partial charge is 0.394 e. The van der Waals surface area contributed by atoms with Crippen molar-refractivity contribution in [3.05, 3.63) is 66.5 Å². The number of thioether (sulfide) groups is 1. The van der Waals surface area contributed by atoms with Crippen LogP contribution in [0.4, 0.5) is 5.69 Å². The van der Waals surface area contributed by atoms with Gasteiger partial charge in [0.05, 0.1) is 25.1 Å². The van der Waals surface area contributed by atoms with Gasteiger partial charge >= 0.3 is 0 Å². The predicted octanol–water partition coefficient (Wildman–Crippen LogP) is 0.149. The van der Waals surface area contributed by atoms with Crippen molar-refractivity contribution in [1.82, 2.24) is 20.2 Å². The summed E-state index contributed by atoms with van der Waals surface area (Å²) in [4.78, 5) is 12.2. The van der Waals surface area contributed by atoms with Crippen molar-refractivity contribution in [2.24, 2.45) is 5.10 Å². The van der Waals surface area contributed by atoms with Crippen molar-refractivity contribution in [3.63, 3.8) is 0 Å². The van der Waals surface area contributed by atoms with Crippen LogP contribution in [-0.4, -0.2) is 78.0 Å². The van der Waals surface area contributed by atoms with E-state index in [1.807, 2.05) is 65.2 Å². The van der Waals surface area contributed by atoms with Gasteiger partial charge in [0.25, 0.3) is 5.91 Å². The van der Waals surface area contributed by atoms with Gasteiger partial charge in [0, 0.05) is 11.4 Å². The van der Waals surface area contributed by atoms with Gasteiger partial charge in [-0.05, 0) is 24.3 Å². The van der Waals surface area contributed by atoms with Gasteiger partial charge in [0.1, 0.15) is 18.3 Å². The van der Waals surface area contributed by atoms with Crippen molar-refractivity contribution < 1.29 is 25.2 Å².